The molecule has 4 heteroatoms. The smallest absolute Gasteiger partial charge is 0.0998 e. The molecule has 24 heavy (non-hydrogen) atoms. The van der Waals surface area contributed by atoms with Gasteiger partial charge in [0.1, 0.15) is 0 Å². The first kappa shape index (κ1) is 13.5. The molecule has 4 aromatic carbocycles. The molecular weight excluding hydrogens is 296 g/mol. The van der Waals surface area contributed by atoms with Crippen LogP contribution in [0.4, 0.5) is 0 Å². The van der Waals surface area contributed by atoms with Gasteiger partial charge in [-0.25, -0.2) is 0 Å². The Bertz CT molecular complexity index is 1130. The van der Waals surface area contributed by atoms with E-state index < -0.39 is 0 Å². The van der Waals surface area contributed by atoms with Gasteiger partial charge < -0.3 is 0 Å². The van der Waals surface area contributed by atoms with E-state index in [1.54, 1.807) is 36.4 Å². The van der Waals surface area contributed by atoms with Crippen LogP contribution in [0.3, 0.4) is 0 Å². The van der Waals surface area contributed by atoms with Crippen molar-refractivity contribution >= 4 is 32.3 Å². The van der Waals surface area contributed by atoms with Crippen molar-refractivity contribution in [2.75, 3.05) is 0 Å². The summed E-state index contributed by atoms with van der Waals surface area (Å²) < 4.78 is 0. The fourth-order valence-electron chi connectivity index (χ4n) is 3.36. The highest BCUT2D eigenvalue weighted by atomic mass is 14.3. The fraction of sp³-hybridized carbons (Fsp3) is 0. The lowest BCUT2D eigenvalue weighted by Crippen LogP contribution is -1.93. The molecule has 0 unspecified atom stereocenters. The fourth-order valence-corrected chi connectivity index (χ4v) is 3.36. The summed E-state index contributed by atoms with van der Waals surface area (Å²) in [6.45, 7) is 0. The van der Waals surface area contributed by atoms with Crippen molar-refractivity contribution in [3.05, 3.63) is 58.7 Å². The van der Waals surface area contributed by atoms with Crippen LogP contribution in [0.1, 0.15) is 22.3 Å². The maximum absolute atomic E-state index is 9.43. The van der Waals surface area contributed by atoms with Crippen molar-refractivity contribution < 1.29 is 0 Å². The van der Waals surface area contributed by atoms with Crippen LogP contribution in [-0.4, -0.2) is 0 Å². The molecule has 0 radical (unpaired) electrons. The van der Waals surface area contributed by atoms with Crippen LogP contribution >= 0.6 is 0 Å². The van der Waals surface area contributed by atoms with E-state index in [1.165, 1.54) is 0 Å². The zero-order chi connectivity index (χ0) is 16.8. The van der Waals surface area contributed by atoms with Crippen LogP contribution < -0.4 is 0 Å². The molecular formula is C20H6N4. The first-order valence-corrected chi connectivity index (χ1v) is 7.12. The van der Waals surface area contributed by atoms with E-state index in [4.69, 9.17) is 0 Å². The Balaban J connectivity index is 2.46. The van der Waals surface area contributed by atoms with Gasteiger partial charge in [0.05, 0.1) is 46.5 Å². The minimum Gasteiger partial charge on any atom is -0.192 e. The van der Waals surface area contributed by atoms with Gasteiger partial charge in [0, 0.05) is 32.3 Å². The minimum absolute atomic E-state index is 0.411. The van der Waals surface area contributed by atoms with Crippen LogP contribution in [-0.2, 0) is 0 Å². The quantitative estimate of drug-likeness (QED) is 0.457. The highest BCUT2D eigenvalue weighted by Gasteiger charge is 2.18. The first-order valence-electron chi connectivity index (χ1n) is 7.12. The molecule has 0 N–H and O–H groups in total. The number of nitriles is 4. The summed E-state index contributed by atoms with van der Waals surface area (Å²) in [6.07, 6.45) is 0. The number of nitrogens with zero attached hydrogens (tertiary/aromatic N) is 4. The lowest BCUT2D eigenvalue weighted by atomic mass is 9.87. The van der Waals surface area contributed by atoms with Gasteiger partial charge in [-0.05, 0) is 12.1 Å². The summed E-state index contributed by atoms with van der Waals surface area (Å²) >= 11 is 0. The second-order valence-electron chi connectivity index (χ2n) is 5.46. The molecule has 0 aliphatic rings. The highest BCUT2D eigenvalue weighted by molar-refractivity contribution is 6.26. The van der Waals surface area contributed by atoms with Crippen LogP contribution in [0.25, 0.3) is 32.3 Å². The van der Waals surface area contributed by atoms with Crippen LogP contribution in [0, 0.1) is 45.3 Å². The van der Waals surface area contributed by atoms with E-state index >= 15 is 0 Å². The third-order valence-corrected chi connectivity index (χ3v) is 4.38. The summed E-state index contributed by atoms with van der Waals surface area (Å²) in [5, 5.41) is 42.1. The summed E-state index contributed by atoms with van der Waals surface area (Å²) in [7, 11) is 0. The summed E-state index contributed by atoms with van der Waals surface area (Å²) in [6, 6.07) is 18.9. The molecule has 0 aliphatic carbocycles. The van der Waals surface area contributed by atoms with E-state index in [9.17, 15) is 21.0 Å². The van der Waals surface area contributed by atoms with Crippen molar-refractivity contribution in [3.63, 3.8) is 0 Å². The Hall–Kier alpha value is -4.12. The van der Waals surface area contributed by atoms with Gasteiger partial charge in [0.2, 0.25) is 0 Å². The lowest BCUT2D eigenvalue weighted by Gasteiger charge is -2.14. The topological polar surface area (TPSA) is 95.2 Å². The van der Waals surface area contributed by atoms with Crippen LogP contribution in [0.15, 0.2) is 36.4 Å². The van der Waals surface area contributed by atoms with Crippen molar-refractivity contribution in [1.29, 1.82) is 21.0 Å². The van der Waals surface area contributed by atoms with E-state index in [0.29, 0.717) is 22.3 Å². The molecule has 0 aliphatic heterocycles. The molecule has 0 bridgehead atoms. The molecule has 0 amide bonds. The van der Waals surface area contributed by atoms with Gasteiger partial charge >= 0.3 is 0 Å². The third kappa shape index (κ3) is 1.52. The molecule has 0 fully saturated rings. The standard InChI is InChI=1S/C20H6N4/c21-7-11-5-13(9-23)17-3-4-18-14(10-24)6-12(8-22)16-2-1-15(11)19(17)20(16)18/h1-6H. The highest BCUT2D eigenvalue weighted by Crippen LogP contribution is 2.39. The molecule has 106 valence electrons. The van der Waals surface area contributed by atoms with Crippen molar-refractivity contribution in [1.82, 2.24) is 0 Å². The average molecular weight is 302 g/mol. The molecule has 0 saturated carbocycles. The Morgan fingerprint density at radius 2 is 0.708 bits per heavy atom. The van der Waals surface area contributed by atoms with Gasteiger partial charge in [-0.3, -0.25) is 0 Å². The lowest BCUT2D eigenvalue weighted by molar-refractivity contribution is 1.47. The Morgan fingerprint density at radius 1 is 0.458 bits per heavy atom. The zero-order valence-corrected chi connectivity index (χ0v) is 12.3. The molecule has 4 rings (SSSR count). The predicted molar refractivity (Wildman–Crippen MR) is 89.0 cm³/mol. The largest absolute Gasteiger partial charge is 0.192 e. The molecule has 0 spiro atoms. The molecule has 0 aromatic heterocycles. The van der Waals surface area contributed by atoms with Crippen LogP contribution in [0.2, 0.25) is 0 Å². The number of hydrogen-bond donors (Lipinski definition) is 0. The van der Waals surface area contributed by atoms with E-state index in [1.807, 2.05) is 0 Å². The molecule has 0 heterocycles. The minimum atomic E-state index is 0.411. The van der Waals surface area contributed by atoms with E-state index in [0.717, 1.165) is 32.3 Å². The first-order chi connectivity index (χ1) is 11.7. The van der Waals surface area contributed by atoms with E-state index in [-0.39, 0.29) is 0 Å². The monoisotopic (exact) mass is 302 g/mol. The average Bonchev–Trinajstić information content (AvgIpc) is 2.64. The van der Waals surface area contributed by atoms with E-state index in [2.05, 4.69) is 24.3 Å². The van der Waals surface area contributed by atoms with Crippen LogP contribution in [0.5, 0.6) is 0 Å². The SMILES string of the molecule is N#Cc1cc(C#N)c2ccc3c(C#N)cc(C#N)c4ccc1c2c43. The molecule has 4 nitrogen and oxygen atoms in total. The van der Waals surface area contributed by atoms with Gasteiger partial charge in [-0.1, -0.05) is 24.3 Å². The zero-order valence-electron chi connectivity index (χ0n) is 12.3. The van der Waals surface area contributed by atoms with Gasteiger partial charge in [0.25, 0.3) is 0 Å². The summed E-state index contributed by atoms with van der Waals surface area (Å²) in [5.74, 6) is 0. The number of hydrogen-bond acceptors (Lipinski definition) is 4. The number of benzene rings is 4. The molecule has 0 saturated heterocycles. The Labute approximate surface area is 136 Å². The maximum Gasteiger partial charge on any atom is 0.0998 e. The summed E-state index contributed by atoms with van der Waals surface area (Å²) in [5.41, 5.74) is 1.65. The van der Waals surface area contributed by atoms with Gasteiger partial charge in [-0.15, -0.1) is 0 Å². The third-order valence-electron chi connectivity index (χ3n) is 4.38. The van der Waals surface area contributed by atoms with Crippen molar-refractivity contribution in [2.45, 2.75) is 0 Å². The Kier molecular flexibility index (Phi) is 2.64. The second kappa shape index (κ2) is 4.69. The van der Waals surface area contributed by atoms with Gasteiger partial charge in [-0.2, -0.15) is 21.0 Å². The normalized spacial score (nSPS) is 10.3. The summed E-state index contributed by atoms with van der Waals surface area (Å²) in [4.78, 5) is 0. The molecule has 4 aromatic rings. The van der Waals surface area contributed by atoms with Crippen molar-refractivity contribution in [3.8, 4) is 24.3 Å². The second-order valence-corrected chi connectivity index (χ2v) is 5.46. The Morgan fingerprint density at radius 3 is 0.917 bits per heavy atom. The predicted octanol–water partition coefficient (Wildman–Crippen LogP) is 4.07. The number of rotatable bonds is 0. The van der Waals surface area contributed by atoms with Crippen molar-refractivity contribution in [2.24, 2.45) is 0 Å². The van der Waals surface area contributed by atoms with Gasteiger partial charge in [0.15, 0.2) is 0 Å². The molecule has 0 atom stereocenters. The maximum atomic E-state index is 9.43.